The van der Waals surface area contributed by atoms with Crippen LogP contribution >= 0.6 is 11.3 Å². The molecule has 0 saturated heterocycles. The zero-order valence-corrected chi connectivity index (χ0v) is 23.4. The van der Waals surface area contributed by atoms with E-state index in [1.165, 1.54) is 43.4 Å². The predicted octanol–water partition coefficient (Wildman–Crippen LogP) is 11.4. The summed E-state index contributed by atoms with van der Waals surface area (Å²) in [6.45, 7) is 0. The molecule has 0 radical (unpaired) electrons. The first-order valence-electron chi connectivity index (χ1n) is 14.0. The van der Waals surface area contributed by atoms with Gasteiger partial charge in [-0.2, -0.15) is 0 Å². The van der Waals surface area contributed by atoms with Crippen LogP contribution in [0.2, 0.25) is 0 Å². The van der Waals surface area contributed by atoms with E-state index in [0.29, 0.717) is 0 Å². The Hall–Kier alpha value is -5.12. The summed E-state index contributed by atoms with van der Waals surface area (Å²) in [4.78, 5) is 4.83. The first-order valence-corrected chi connectivity index (χ1v) is 14.8. The molecule has 0 saturated carbocycles. The fraction of sp³-hybridized carbons (Fsp3) is 0. The molecule has 3 heteroatoms. The molecule has 8 aromatic rings. The largest absolute Gasteiger partial charge is 0.256 e. The van der Waals surface area contributed by atoms with Crippen LogP contribution < -0.4 is 0 Å². The number of hydrogen-bond acceptors (Lipinski definition) is 2. The normalized spacial score (nSPS) is 11.5. The van der Waals surface area contributed by atoms with E-state index in [4.69, 9.17) is 4.98 Å². The van der Waals surface area contributed by atoms with Crippen molar-refractivity contribution in [2.24, 2.45) is 0 Å². The van der Waals surface area contributed by atoms with Gasteiger partial charge in [0.2, 0.25) is 0 Å². The molecule has 0 atom stereocenters. The Bertz CT molecular complexity index is 2230. The lowest BCUT2D eigenvalue weighted by molar-refractivity contribution is 0.628. The van der Waals surface area contributed by atoms with Gasteiger partial charge in [-0.3, -0.25) is 4.98 Å². The molecule has 0 amide bonds. The maximum atomic E-state index is 13.3. The zero-order chi connectivity index (χ0) is 28.0. The lowest BCUT2D eigenvalue weighted by Gasteiger charge is -2.09. The Kier molecular flexibility index (Phi) is 5.90. The van der Waals surface area contributed by atoms with Crippen molar-refractivity contribution >= 4 is 42.4 Å². The van der Waals surface area contributed by atoms with Gasteiger partial charge < -0.3 is 0 Å². The first kappa shape index (κ1) is 24.7. The van der Waals surface area contributed by atoms with Crippen LogP contribution in [0, 0.1) is 5.82 Å². The van der Waals surface area contributed by atoms with E-state index in [-0.39, 0.29) is 5.82 Å². The SMILES string of the molecule is Fc1ccc(-c2ccc(-c3ccc4cc(-c5ccc(-c6cccc7c6sc6ccccc67)cc5)cnc4c3)cc2)cc1. The monoisotopic (exact) mass is 557 g/mol. The molecular formula is C39H24FNS. The van der Waals surface area contributed by atoms with Crippen LogP contribution in [0.5, 0.6) is 0 Å². The van der Waals surface area contributed by atoms with Gasteiger partial charge in [-0.1, -0.05) is 109 Å². The van der Waals surface area contributed by atoms with Gasteiger partial charge in [-0.05, 0) is 69.3 Å². The molecule has 0 aliphatic rings. The van der Waals surface area contributed by atoms with Crippen molar-refractivity contribution < 1.29 is 4.39 Å². The Morgan fingerprint density at radius 2 is 1.07 bits per heavy atom. The van der Waals surface area contributed by atoms with Crippen molar-refractivity contribution in [2.45, 2.75) is 0 Å². The van der Waals surface area contributed by atoms with Gasteiger partial charge in [-0.25, -0.2) is 4.39 Å². The fourth-order valence-electron chi connectivity index (χ4n) is 5.77. The van der Waals surface area contributed by atoms with Gasteiger partial charge in [0.1, 0.15) is 5.82 Å². The smallest absolute Gasteiger partial charge is 0.123 e. The van der Waals surface area contributed by atoms with Crippen molar-refractivity contribution in [3.63, 3.8) is 0 Å². The second kappa shape index (κ2) is 10.1. The number of halogens is 1. The van der Waals surface area contributed by atoms with Gasteiger partial charge >= 0.3 is 0 Å². The summed E-state index contributed by atoms with van der Waals surface area (Å²) >= 11 is 1.86. The summed E-state index contributed by atoms with van der Waals surface area (Å²) in [5, 5.41) is 3.75. The Labute approximate surface area is 247 Å². The van der Waals surface area contributed by atoms with Crippen molar-refractivity contribution in [1.82, 2.24) is 4.98 Å². The number of fused-ring (bicyclic) bond motifs is 4. The highest BCUT2D eigenvalue weighted by Crippen LogP contribution is 2.40. The number of pyridine rings is 1. The van der Waals surface area contributed by atoms with Crippen LogP contribution in [0.3, 0.4) is 0 Å². The number of nitrogens with zero attached hydrogens (tertiary/aromatic N) is 1. The molecule has 0 unspecified atom stereocenters. The maximum absolute atomic E-state index is 13.3. The van der Waals surface area contributed by atoms with Crippen LogP contribution in [0.25, 0.3) is 75.6 Å². The predicted molar refractivity (Wildman–Crippen MR) is 176 cm³/mol. The number of aromatic nitrogens is 1. The van der Waals surface area contributed by atoms with Crippen LogP contribution in [-0.4, -0.2) is 4.98 Å². The summed E-state index contributed by atoms with van der Waals surface area (Å²) in [5.41, 5.74) is 10.0. The molecule has 2 heterocycles. The Balaban J connectivity index is 1.07. The summed E-state index contributed by atoms with van der Waals surface area (Å²) in [5.74, 6) is -0.222. The molecule has 0 N–H and O–H groups in total. The topological polar surface area (TPSA) is 12.9 Å². The molecule has 0 aliphatic carbocycles. The molecule has 42 heavy (non-hydrogen) atoms. The highest BCUT2D eigenvalue weighted by molar-refractivity contribution is 7.26. The summed E-state index contributed by atoms with van der Waals surface area (Å²) in [6.07, 6.45) is 1.96. The molecule has 198 valence electrons. The van der Waals surface area contributed by atoms with E-state index in [1.54, 1.807) is 12.1 Å². The third kappa shape index (κ3) is 4.36. The van der Waals surface area contributed by atoms with Gasteiger partial charge in [0.05, 0.1) is 5.52 Å². The minimum atomic E-state index is -0.222. The molecule has 1 nitrogen and oxygen atoms in total. The van der Waals surface area contributed by atoms with Gasteiger partial charge in [-0.15, -0.1) is 11.3 Å². The maximum Gasteiger partial charge on any atom is 0.123 e. The molecule has 0 aliphatic heterocycles. The Morgan fingerprint density at radius 1 is 0.476 bits per heavy atom. The molecule has 0 spiro atoms. The number of thiophene rings is 1. The first-order chi connectivity index (χ1) is 20.7. The molecule has 0 bridgehead atoms. The average molecular weight is 558 g/mol. The number of rotatable bonds is 4. The molecule has 6 aromatic carbocycles. The number of hydrogen-bond donors (Lipinski definition) is 0. The summed E-state index contributed by atoms with van der Waals surface area (Å²) < 4.78 is 15.9. The Morgan fingerprint density at radius 3 is 1.83 bits per heavy atom. The molecule has 8 rings (SSSR count). The minimum absolute atomic E-state index is 0.222. The van der Waals surface area contributed by atoms with Gasteiger partial charge in [0.25, 0.3) is 0 Å². The molecular weight excluding hydrogens is 534 g/mol. The quantitative estimate of drug-likeness (QED) is 0.210. The second-order valence-corrected chi connectivity index (χ2v) is 11.6. The van der Waals surface area contributed by atoms with E-state index in [9.17, 15) is 4.39 Å². The van der Waals surface area contributed by atoms with Gasteiger partial charge in [0.15, 0.2) is 0 Å². The summed E-state index contributed by atoms with van der Waals surface area (Å²) in [7, 11) is 0. The van der Waals surface area contributed by atoms with Crippen LogP contribution in [0.4, 0.5) is 4.39 Å². The van der Waals surface area contributed by atoms with Crippen molar-refractivity contribution in [3.8, 4) is 44.5 Å². The molecule has 2 aromatic heterocycles. The van der Waals surface area contributed by atoms with E-state index < -0.39 is 0 Å². The third-order valence-corrected chi connectivity index (χ3v) is 9.23. The minimum Gasteiger partial charge on any atom is -0.256 e. The highest BCUT2D eigenvalue weighted by atomic mass is 32.1. The van der Waals surface area contributed by atoms with Crippen LogP contribution in [0.1, 0.15) is 0 Å². The van der Waals surface area contributed by atoms with Crippen LogP contribution in [0.15, 0.2) is 146 Å². The zero-order valence-electron chi connectivity index (χ0n) is 22.6. The van der Waals surface area contributed by atoms with Crippen molar-refractivity contribution in [2.75, 3.05) is 0 Å². The lowest BCUT2D eigenvalue weighted by atomic mass is 9.97. The van der Waals surface area contributed by atoms with E-state index >= 15 is 0 Å². The summed E-state index contributed by atoms with van der Waals surface area (Å²) in [6, 6.07) is 47.7. The van der Waals surface area contributed by atoms with Crippen molar-refractivity contribution in [3.05, 3.63) is 152 Å². The standard InChI is InChI=1S/C39H24FNS/c40-33-20-18-26(19-21-33)25-8-10-27(11-9-25)30-16-17-31-22-32(24-41-37(31)23-30)28-12-14-29(15-13-28)34-5-3-6-36-35-4-1-2-7-38(35)42-39(34)36/h1-24H. The lowest BCUT2D eigenvalue weighted by Crippen LogP contribution is -1.86. The average Bonchev–Trinajstić information content (AvgIpc) is 3.44. The fourth-order valence-corrected chi connectivity index (χ4v) is 7.01. The third-order valence-electron chi connectivity index (χ3n) is 8.01. The van der Waals surface area contributed by atoms with E-state index in [0.717, 1.165) is 44.3 Å². The molecule has 0 fully saturated rings. The van der Waals surface area contributed by atoms with E-state index in [2.05, 4.69) is 115 Å². The number of benzene rings is 6. The van der Waals surface area contributed by atoms with Crippen molar-refractivity contribution in [1.29, 1.82) is 0 Å². The van der Waals surface area contributed by atoms with Gasteiger partial charge in [0, 0.05) is 37.3 Å². The van der Waals surface area contributed by atoms with Crippen LogP contribution in [-0.2, 0) is 0 Å². The highest BCUT2D eigenvalue weighted by Gasteiger charge is 2.11. The second-order valence-electron chi connectivity index (χ2n) is 10.6. The van der Waals surface area contributed by atoms with E-state index in [1.807, 2.05) is 17.5 Å².